The summed E-state index contributed by atoms with van der Waals surface area (Å²) in [6, 6.07) is 3.58. The van der Waals surface area contributed by atoms with E-state index in [1.165, 1.54) is 0 Å². The Hall–Kier alpha value is -2.32. The van der Waals surface area contributed by atoms with E-state index in [9.17, 15) is 4.79 Å². The standard InChI is InChI=1S/C20H28N6O2/c1-15(2)19-23-22-17-5-7-25(8-9-26(17)19)20(27)18(16-4-3-6-21-14-16)24-10-12-28-13-11-24/h3-4,6,14-15,18H,5,7-13H2,1-2H3. The number of hydrogen-bond donors (Lipinski definition) is 0. The predicted molar refractivity (Wildman–Crippen MR) is 104 cm³/mol. The Morgan fingerprint density at radius 2 is 1.93 bits per heavy atom. The van der Waals surface area contributed by atoms with Crippen molar-refractivity contribution in [3.8, 4) is 0 Å². The minimum absolute atomic E-state index is 0.139. The molecule has 0 radical (unpaired) electrons. The van der Waals surface area contributed by atoms with Crippen molar-refractivity contribution in [3.05, 3.63) is 41.7 Å². The van der Waals surface area contributed by atoms with Crippen LogP contribution in [0, 0.1) is 0 Å². The van der Waals surface area contributed by atoms with Gasteiger partial charge in [0.2, 0.25) is 5.91 Å². The van der Waals surface area contributed by atoms with Gasteiger partial charge in [-0.1, -0.05) is 19.9 Å². The molecule has 0 spiro atoms. The largest absolute Gasteiger partial charge is 0.379 e. The summed E-state index contributed by atoms with van der Waals surface area (Å²) in [7, 11) is 0. The predicted octanol–water partition coefficient (Wildman–Crippen LogP) is 1.25. The van der Waals surface area contributed by atoms with Crippen LogP contribution in [0.2, 0.25) is 0 Å². The van der Waals surface area contributed by atoms with Crippen LogP contribution in [0.4, 0.5) is 0 Å². The first-order chi connectivity index (χ1) is 13.6. The summed E-state index contributed by atoms with van der Waals surface area (Å²) in [5.41, 5.74) is 0.945. The first-order valence-electron chi connectivity index (χ1n) is 10.1. The third-order valence-electron chi connectivity index (χ3n) is 5.53. The summed E-state index contributed by atoms with van der Waals surface area (Å²) in [5, 5.41) is 8.71. The summed E-state index contributed by atoms with van der Waals surface area (Å²) in [4.78, 5) is 22.1. The van der Waals surface area contributed by atoms with Crippen LogP contribution in [0.5, 0.6) is 0 Å². The minimum atomic E-state index is -0.314. The molecule has 0 bridgehead atoms. The Morgan fingerprint density at radius 1 is 1.11 bits per heavy atom. The third kappa shape index (κ3) is 3.79. The second-order valence-electron chi connectivity index (χ2n) is 7.69. The smallest absolute Gasteiger partial charge is 0.244 e. The number of carbonyl (C=O) groups is 1. The average molecular weight is 384 g/mol. The van der Waals surface area contributed by atoms with Crippen molar-refractivity contribution < 1.29 is 9.53 Å². The van der Waals surface area contributed by atoms with E-state index in [2.05, 4.69) is 38.5 Å². The second kappa shape index (κ2) is 8.36. The van der Waals surface area contributed by atoms with E-state index in [1.54, 1.807) is 6.20 Å². The number of pyridine rings is 1. The van der Waals surface area contributed by atoms with Gasteiger partial charge in [-0.3, -0.25) is 14.7 Å². The molecule has 2 aliphatic heterocycles. The Morgan fingerprint density at radius 3 is 2.64 bits per heavy atom. The molecule has 2 aromatic heterocycles. The Labute approximate surface area is 165 Å². The molecule has 0 saturated carbocycles. The zero-order valence-corrected chi connectivity index (χ0v) is 16.6. The van der Waals surface area contributed by atoms with Crippen molar-refractivity contribution in [3.63, 3.8) is 0 Å². The van der Waals surface area contributed by atoms with Crippen molar-refractivity contribution in [2.45, 2.75) is 38.8 Å². The van der Waals surface area contributed by atoms with E-state index < -0.39 is 0 Å². The van der Waals surface area contributed by atoms with Gasteiger partial charge in [-0.15, -0.1) is 10.2 Å². The van der Waals surface area contributed by atoms with E-state index in [4.69, 9.17) is 4.74 Å². The van der Waals surface area contributed by atoms with Crippen LogP contribution in [0.15, 0.2) is 24.5 Å². The molecular formula is C20H28N6O2. The molecule has 150 valence electrons. The van der Waals surface area contributed by atoms with E-state index >= 15 is 0 Å². The Balaban J connectivity index is 1.55. The number of rotatable bonds is 4. The molecule has 4 rings (SSSR count). The number of morpholine rings is 1. The first kappa shape index (κ1) is 19.0. The molecule has 2 aromatic rings. The maximum Gasteiger partial charge on any atom is 0.244 e. The van der Waals surface area contributed by atoms with Gasteiger partial charge >= 0.3 is 0 Å². The lowest BCUT2D eigenvalue weighted by Crippen LogP contribution is -2.48. The lowest BCUT2D eigenvalue weighted by Gasteiger charge is -2.36. The Bertz CT molecular complexity index is 800. The minimum Gasteiger partial charge on any atom is -0.379 e. The normalized spacial score (nSPS) is 19.3. The monoisotopic (exact) mass is 384 g/mol. The van der Waals surface area contributed by atoms with E-state index in [0.29, 0.717) is 32.2 Å². The molecule has 8 nitrogen and oxygen atoms in total. The molecule has 28 heavy (non-hydrogen) atoms. The Kier molecular flexibility index (Phi) is 5.68. The fraction of sp³-hybridized carbons (Fsp3) is 0.600. The number of carbonyl (C=O) groups excluding carboxylic acids is 1. The summed E-state index contributed by atoms with van der Waals surface area (Å²) >= 11 is 0. The van der Waals surface area contributed by atoms with Gasteiger partial charge in [0.05, 0.1) is 13.2 Å². The molecule has 0 aliphatic carbocycles. The number of amides is 1. The number of nitrogens with zero attached hydrogens (tertiary/aromatic N) is 6. The van der Waals surface area contributed by atoms with Gasteiger partial charge in [-0.05, 0) is 11.6 Å². The van der Waals surface area contributed by atoms with Gasteiger partial charge in [-0.2, -0.15) is 0 Å². The first-order valence-corrected chi connectivity index (χ1v) is 10.1. The van der Waals surface area contributed by atoms with Crippen LogP contribution in [0.1, 0.15) is 43.0 Å². The maximum absolute atomic E-state index is 13.6. The number of ether oxygens (including phenoxy) is 1. The number of hydrogen-bond acceptors (Lipinski definition) is 6. The SMILES string of the molecule is CC(C)c1nnc2n1CCN(C(=O)C(c1cccnc1)N1CCOCC1)CC2. The summed E-state index contributed by atoms with van der Waals surface area (Å²) < 4.78 is 7.68. The molecule has 1 unspecified atom stereocenters. The molecule has 1 amide bonds. The molecule has 2 aliphatic rings. The van der Waals surface area contributed by atoms with E-state index in [0.717, 1.165) is 43.3 Å². The van der Waals surface area contributed by atoms with Crippen LogP contribution in [0.3, 0.4) is 0 Å². The molecule has 8 heteroatoms. The van der Waals surface area contributed by atoms with E-state index in [-0.39, 0.29) is 11.9 Å². The molecule has 0 aromatic carbocycles. The van der Waals surface area contributed by atoms with Gasteiger partial charge in [0.1, 0.15) is 17.7 Å². The maximum atomic E-state index is 13.6. The van der Waals surface area contributed by atoms with Crippen molar-refractivity contribution >= 4 is 5.91 Å². The van der Waals surface area contributed by atoms with Crippen molar-refractivity contribution in [2.24, 2.45) is 0 Å². The van der Waals surface area contributed by atoms with Gasteiger partial charge in [0, 0.05) is 57.5 Å². The topological polar surface area (TPSA) is 76.4 Å². The van der Waals surface area contributed by atoms with Crippen LogP contribution in [-0.4, -0.2) is 74.8 Å². The highest BCUT2D eigenvalue weighted by atomic mass is 16.5. The second-order valence-corrected chi connectivity index (χ2v) is 7.69. The highest BCUT2D eigenvalue weighted by molar-refractivity contribution is 5.83. The quantitative estimate of drug-likeness (QED) is 0.790. The fourth-order valence-corrected chi connectivity index (χ4v) is 4.05. The zero-order chi connectivity index (χ0) is 19.5. The van der Waals surface area contributed by atoms with Gasteiger partial charge in [0.15, 0.2) is 0 Å². The fourth-order valence-electron chi connectivity index (χ4n) is 4.05. The number of fused-ring (bicyclic) bond motifs is 1. The van der Waals surface area contributed by atoms with Crippen molar-refractivity contribution in [1.82, 2.24) is 29.5 Å². The summed E-state index contributed by atoms with van der Waals surface area (Å²) in [6.45, 7) is 9.14. The van der Waals surface area contributed by atoms with Crippen molar-refractivity contribution in [2.75, 3.05) is 39.4 Å². The van der Waals surface area contributed by atoms with Gasteiger partial charge in [0.25, 0.3) is 0 Å². The summed E-state index contributed by atoms with van der Waals surface area (Å²) in [5.74, 6) is 2.43. The molecular weight excluding hydrogens is 356 g/mol. The van der Waals surface area contributed by atoms with Crippen molar-refractivity contribution in [1.29, 1.82) is 0 Å². The molecule has 1 saturated heterocycles. The highest BCUT2D eigenvalue weighted by Crippen LogP contribution is 2.25. The zero-order valence-electron chi connectivity index (χ0n) is 16.6. The lowest BCUT2D eigenvalue weighted by atomic mass is 10.0. The molecule has 1 atom stereocenters. The highest BCUT2D eigenvalue weighted by Gasteiger charge is 2.33. The third-order valence-corrected chi connectivity index (χ3v) is 5.53. The molecule has 0 N–H and O–H groups in total. The summed E-state index contributed by atoms with van der Waals surface area (Å²) in [6.07, 6.45) is 4.28. The molecule has 4 heterocycles. The van der Waals surface area contributed by atoms with Crippen LogP contribution in [-0.2, 0) is 22.5 Å². The van der Waals surface area contributed by atoms with Crippen LogP contribution < -0.4 is 0 Å². The van der Waals surface area contributed by atoms with E-state index in [1.807, 2.05) is 23.2 Å². The van der Waals surface area contributed by atoms with Crippen LogP contribution in [0.25, 0.3) is 0 Å². The van der Waals surface area contributed by atoms with Gasteiger partial charge in [-0.25, -0.2) is 0 Å². The average Bonchev–Trinajstić information content (AvgIpc) is 3.02. The van der Waals surface area contributed by atoms with Gasteiger partial charge < -0.3 is 14.2 Å². The molecule has 1 fully saturated rings. The lowest BCUT2D eigenvalue weighted by molar-refractivity contribution is -0.139. The number of aromatic nitrogens is 4. The van der Waals surface area contributed by atoms with Crippen LogP contribution >= 0.6 is 0 Å².